The van der Waals surface area contributed by atoms with Gasteiger partial charge in [0, 0.05) is 60.9 Å². The van der Waals surface area contributed by atoms with Crippen molar-refractivity contribution in [2.75, 3.05) is 19.8 Å². The molecule has 2 fully saturated rings. The first-order chi connectivity index (χ1) is 27.8. The number of aryl methyl sites for hydroxylation is 2. The van der Waals surface area contributed by atoms with Crippen molar-refractivity contribution >= 4 is 27.8 Å². The predicted molar refractivity (Wildman–Crippen MR) is 211 cm³/mol. The van der Waals surface area contributed by atoms with Crippen molar-refractivity contribution in [1.82, 2.24) is 14.9 Å². The van der Waals surface area contributed by atoms with Crippen molar-refractivity contribution < 1.29 is 54.4 Å². The zero-order valence-electron chi connectivity index (χ0n) is 32.5. The molecule has 58 heavy (non-hydrogen) atoms. The molecule has 2 aromatic carbocycles. The number of hydrogen-bond acceptors (Lipinski definition) is 12. The number of fused-ring (bicyclic) bond motifs is 3. The Morgan fingerprint density at radius 3 is 2.59 bits per heavy atom. The number of carbonyl (C=O) groups excluding carboxylic acids is 1. The fourth-order valence-corrected chi connectivity index (χ4v) is 9.45. The summed E-state index contributed by atoms with van der Waals surface area (Å²) in [4.78, 5) is 41.5. The van der Waals surface area contributed by atoms with Crippen molar-refractivity contribution in [1.29, 1.82) is 0 Å². The average Bonchev–Trinajstić information content (AvgIpc) is 3.94. The summed E-state index contributed by atoms with van der Waals surface area (Å²) in [5.41, 5.74) is 0.517. The largest absolute Gasteiger partial charge is 0.508 e. The molecular formula is C43H51N3O12. The quantitative estimate of drug-likeness (QED) is 0.0635. The highest BCUT2D eigenvalue weighted by atomic mass is 17.2. The molecule has 1 spiro atoms. The van der Waals surface area contributed by atoms with Gasteiger partial charge in [-0.2, -0.15) is 0 Å². The highest BCUT2D eigenvalue weighted by Gasteiger charge is 2.53. The highest BCUT2D eigenvalue weighted by Crippen LogP contribution is 2.51. The predicted octanol–water partition coefficient (Wildman–Crippen LogP) is 3.01. The summed E-state index contributed by atoms with van der Waals surface area (Å²) < 4.78 is 15.7. The normalized spacial score (nSPS) is 24.7. The maximum atomic E-state index is 13.7. The molecule has 8 atom stereocenters. The second-order valence-corrected chi connectivity index (χ2v) is 16.4. The van der Waals surface area contributed by atoms with E-state index >= 15 is 0 Å². The Kier molecular flexibility index (Phi) is 10.9. The van der Waals surface area contributed by atoms with Gasteiger partial charge < -0.3 is 54.7 Å². The van der Waals surface area contributed by atoms with E-state index in [1.54, 1.807) is 13.0 Å². The van der Waals surface area contributed by atoms with Crippen LogP contribution in [0.25, 0.3) is 27.6 Å². The van der Waals surface area contributed by atoms with Gasteiger partial charge in [0.2, 0.25) is 5.91 Å². The fraction of sp³-hybridized carbons (Fsp3) is 0.488. The number of phenolic OH excluding ortho intramolecular Hbond substituents is 1. The number of benzene rings is 2. The second kappa shape index (κ2) is 15.8. The number of nitrogens with one attached hydrogen (secondary N) is 2. The zero-order chi connectivity index (χ0) is 40.9. The molecule has 2 aliphatic heterocycles. The number of hydrogen-bond donors (Lipinski definition) is 8. The molecule has 3 aromatic heterocycles. The van der Waals surface area contributed by atoms with E-state index in [0.29, 0.717) is 71.5 Å². The van der Waals surface area contributed by atoms with Gasteiger partial charge in [0.15, 0.2) is 16.8 Å². The van der Waals surface area contributed by atoms with Crippen molar-refractivity contribution in [3.63, 3.8) is 0 Å². The van der Waals surface area contributed by atoms with Gasteiger partial charge in [0.25, 0.3) is 0 Å². The average molecular weight is 802 g/mol. The van der Waals surface area contributed by atoms with Crippen LogP contribution < -0.4 is 15.5 Å². The first-order valence-corrected chi connectivity index (χ1v) is 20.0. The topological polar surface area (TPSA) is 229 Å². The number of aromatic nitrogens is 2. The Morgan fingerprint density at radius 1 is 1.07 bits per heavy atom. The van der Waals surface area contributed by atoms with Crippen molar-refractivity contribution in [3.8, 4) is 17.2 Å². The van der Waals surface area contributed by atoms with E-state index in [4.69, 9.17) is 18.9 Å². The first kappa shape index (κ1) is 40.1. The third-order valence-electron chi connectivity index (χ3n) is 12.5. The van der Waals surface area contributed by atoms with Crippen molar-refractivity contribution in [2.45, 2.75) is 101 Å². The molecule has 8 N–H and O–H groups in total. The van der Waals surface area contributed by atoms with Gasteiger partial charge in [-0.3, -0.25) is 9.59 Å². The number of amides is 1. The van der Waals surface area contributed by atoms with Gasteiger partial charge in [-0.1, -0.05) is 19.1 Å². The number of ether oxygens (including phenoxy) is 1. The minimum absolute atomic E-state index is 0.00482. The van der Waals surface area contributed by atoms with E-state index in [-0.39, 0.29) is 41.8 Å². The number of aromatic amines is 1. The van der Waals surface area contributed by atoms with Crippen LogP contribution in [0.15, 0.2) is 64.1 Å². The molecule has 1 amide bonds. The van der Waals surface area contributed by atoms with E-state index < -0.39 is 48.8 Å². The number of nitrogens with zero attached hydrogens (tertiary/aromatic N) is 1. The highest BCUT2D eigenvalue weighted by molar-refractivity contribution is 5.92. The maximum Gasteiger partial charge on any atom is 0.220 e. The number of H-pyrrole nitrogens is 1. The second-order valence-electron chi connectivity index (χ2n) is 16.4. The zero-order valence-corrected chi connectivity index (χ0v) is 32.5. The fourth-order valence-electron chi connectivity index (χ4n) is 9.45. The summed E-state index contributed by atoms with van der Waals surface area (Å²) >= 11 is 0. The van der Waals surface area contributed by atoms with Crippen molar-refractivity contribution in [2.24, 2.45) is 11.8 Å². The Labute approximate surface area is 333 Å². The van der Waals surface area contributed by atoms with Crippen LogP contribution in [0.2, 0.25) is 0 Å². The van der Waals surface area contributed by atoms with Crippen LogP contribution in [-0.2, 0) is 33.8 Å². The van der Waals surface area contributed by atoms with E-state index in [1.165, 1.54) is 30.3 Å². The van der Waals surface area contributed by atoms with Crippen LogP contribution in [0.5, 0.6) is 11.5 Å². The van der Waals surface area contributed by atoms with Gasteiger partial charge >= 0.3 is 0 Å². The van der Waals surface area contributed by atoms with Crippen molar-refractivity contribution in [3.05, 3.63) is 87.7 Å². The van der Waals surface area contributed by atoms with E-state index in [9.17, 15) is 40.2 Å². The number of phenols is 1. The Morgan fingerprint density at radius 2 is 1.86 bits per heavy atom. The maximum absolute atomic E-state index is 13.7. The molecule has 8 rings (SSSR count). The summed E-state index contributed by atoms with van der Waals surface area (Å²) in [5.74, 6) is 1.14. The molecule has 5 heterocycles. The number of carbonyl (C=O) groups is 1. The molecule has 1 saturated heterocycles. The first-order valence-electron chi connectivity index (χ1n) is 20.0. The SMILES string of the molecule is CCc1c2cc[nH]c2cn1-c1c2c(cc3c(=O)cc(C)oc13)CC(OOCC(O)(Cc1ccc(O)cc1)C(O)C(O)C(O)CO)C1(CCCC(C3CNC(=O)C3)C1)O2. The van der Waals surface area contributed by atoms with E-state index in [2.05, 4.69) is 17.2 Å². The molecule has 1 saturated carbocycles. The Bertz CT molecular complexity index is 2350. The molecule has 5 aromatic rings. The lowest BCUT2D eigenvalue weighted by atomic mass is 9.68. The summed E-state index contributed by atoms with van der Waals surface area (Å²) in [5, 5.41) is 67.8. The third kappa shape index (κ3) is 7.29. The minimum Gasteiger partial charge on any atom is -0.508 e. The number of rotatable bonds is 13. The number of aromatic hydroxyl groups is 1. The van der Waals surface area contributed by atoms with E-state index in [0.717, 1.165) is 29.4 Å². The van der Waals surface area contributed by atoms with Crippen LogP contribution in [0.4, 0.5) is 0 Å². The molecular weight excluding hydrogens is 750 g/mol. The van der Waals surface area contributed by atoms with Gasteiger partial charge in [-0.05, 0) is 80.7 Å². The lowest BCUT2D eigenvalue weighted by Crippen LogP contribution is -2.58. The van der Waals surface area contributed by atoms with Crippen LogP contribution in [0.3, 0.4) is 0 Å². The summed E-state index contributed by atoms with van der Waals surface area (Å²) in [6, 6.07) is 11.1. The van der Waals surface area contributed by atoms with Gasteiger partial charge in [0.05, 0.1) is 17.5 Å². The summed E-state index contributed by atoms with van der Waals surface area (Å²) in [6.45, 7) is 2.79. The van der Waals surface area contributed by atoms with Crippen LogP contribution in [0, 0.1) is 18.8 Å². The van der Waals surface area contributed by atoms with Crippen LogP contribution >= 0.6 is 0 Å². The minimum atomic E-state index is -2.26. The Balaban J connectivity index is 1.20. The molecule has 0 radical (unpaired) electrons. The lowest BCUT2D eigenvalue weighted by Gasteiger charge is -2.49. The molecule has 310 valence electrons. The van der Waals surface area contributed by atoms with E-state index in [1.807, 2.05) is 23.0 Å². The van der Waals surface area contributed by atoms with Gasteiger partial charge in [-0.15, -0.1) is 0 Å². The van der Waals surface area contributed by atoms with Gasteiger partial charge in [0.1, 0.15) is 59.4 Å². The molecule has 8 unspecified atom stereocenters. The standard InChI is InChI=1S/C43H51N3O12/c1-3-32-29-10-12-44-31(29)20-46(32)37-39-26(14-30-33(49)13-23(2)56-40(30)37)15-35(43(57-39)11-4-5-25(18-43)27-16-36(51)45-19-27)58-55-22-42(54,41(53)38(52)34(50)21-47)17-24-6-8-28(48)9-7-24/h6-10,12-14,20,25,27,34-35,38,41,44,47-48,50,52-54H,3-5,11,15-19,21-22H2,1-2H3,(H,45,51). The smallest absolute Gasteiger partial charge is 0.220 e. The molecule has 0 bridgehead atoms. The Hall–Kier alpha value is -4.74. The molecule has 15 heteroatoms. The summed E-state index contributed by atoms with van der Waals surface area (Å²) in [6.07, 6.45) is 0.995. The third-order valence-corrected chi connectivity index (χ3v) is 12.5. The monoisotopic (exact) mass is 801 g/mol. The molecule has 1 aliphatic carbocycles. The lowest BCUT2D eigenvalue weighted by molar-refractivity contribution is -0.374. The van der Waals surface area contributed by atoms with Gasteiger partial charge in [-0.25, -0.2) is 9.78 Å². The summed E-state index contributed by atoms with van der Waals surface area (Å²) in [7, 11) is 0. The molecule has 3 aliphatic rings. The number of aliphatic hydroxyl groups excluding tert-OH is 4. The molecule has 15 nitrogen and oxygen atoms in total. The van der Waals surface area contributed by atoms with Crippen LogP contribution in [0.1, 0.15) is 61.6 Å². The number of aliphatic hydroxyl groups is 5. The van der Waals surface area contributed by atoms with Crippen LogP contribution in [-0.4, -0.2) is 101 Å².